The Morgan fingerprint density at radius 1 is 1.26 bits per heavy atom. The summed E-state index contributed by atoms with van der Waals surface area (Å²) >= 11 is 0. The maximum absolute atomic E-state index is 11.6. The van der Waals surface area contributed by atoms with Crippen molar-refractivity contribution >= 4 is 23.2 Å². The minimum atomic E-state index is -0.585. The van der Waals surface area contributed by atoms with Crippen LogP contribution in [-0.4, -0.2) is 21.6 Å². The Morgan fingerprint density at radius 3 is 2.47 bits per heavy atom. The molecule has 2 amide bonds. The third-order valence-electron chi connectivity index (χ3n) is 3.02. The summed E-state index contributed by atoms with van der Waals surface area (Å²) in [5.41, 5.74) is 5.85. The molecule has 2 rings (SSSR count). The van der Waals surface area contributed by atoms with Crippen molar-refractivity contribution in [2.24, 2.45) is 0 Å². The highest BCUT2D eigenvalue weighted by molar-refractivity contribution is 5.97. The molecule has 1 heterocycles. The summed E-state index contributed by atoms with van der Waals surface area (Å²) in [7, 11) is 0. The van der Waals surface area contributed by atoms with Gasteiger partial charge < -0.3 is 5.73 Å². The fourth-order valence-corrected chi connectivity index (χ4v) is 2.00. The minimum absolute atomic E-state index is 0.0544. The number of nitro groups is 1. The van der Waals surface area contributed by atoms with Crippen molar-refractivity contribution in [1.29, 1.82) is 0 Å². The number of piperidine rings is 1. The summed E-state index contributed by atoms with van der Waals surface area (Å²) in [6.07, 6.45) is 1.24. The van der Waals surface area contributed by atoms with Crippen LogP contribution in [0.4, 0.5) is 11.4 Å². The molecular formula is C12H13N3O4. The molecule has 1 aliphatic rings. The zero-order valence-corrected chi connectivity index (χ0v) is 10.2. The lowest BCUT2D eigenvalue weighted by molar-refractivity contribution is -0.384. The van der Waals surface area contributed by atoms with E-state index < -0.39 is 4.92 Å². The summed E-state index contributed by atoms with van der Waals surface area (Å²) in [6.45, 7) is 0.0544. The van der Waals surface area contributed by atoms with E-state index in [4.69, 9.17) is 5.73 Å². The highest BCUT2D eigenvalue weighted by Crippen LogP contribution is 2.24. The molecule has 100 valence electrons. The Kier molecular flexibility index (Phi) is 3.46. The second-order valence-electron chi connectivity index (χ2n) is 4.38. The van der Waals surface area contributed by atoms with Gasteiger partial charge in [-0.05, 0) is 18.1 Å². The zero-order valence-electron chi connectivity index (χ0n) is 10.2. The number of nitrogens with zero attached hydrogens (tertiary/aromatic N) is 2. The van der Waals surface area contributed by atoms with Gasteiger partial charge in [0.05, 0.1) is 11.5 Å². The first kappa shape index (κ1) is 13.0. The maximum atomic E-state index is 11.6. The highest BCUT2D eigenvalue weighted by atomic mass is 16.6. The maximum Gasteiger partial charge on any atom is 0.292 e. The Balaban J connectivity index is 2.23. The number of nitrogen functional groups attached to an aromatic ring is 1. The molecule has 0 saturated carbocycles. The average molecular weight is 263 g/mol. The number of carbonyl (C=O) groups is 2. The first-order valence-electron chi connectivity index (χ1n) is 5.85. The molecule has 0 radical (unpaired) electrons. The number of imide groups is 1. The van der Waals surface area contributed by atoms with Crippen LogP contribution in [0.1, 0.15) is 24.8 Å². The second-order valence-corrected chi connectivity index (χ2v) is 4.38. The van der Waals surface area contributed by atoms with Gasteiger partial charge in [-0.1, -0.05) is 6.07 Å². The molecule has 1 fully saturated rings. The average Bonchev–Trinajstić information content (AvgIpc) is 2.35. The number of benzene rings is 1. The van der Waals surface area contributed by atoms with Crippen LogP contribution in [0.2, 0.25) is 0 Å². The smallest absolute Gasteiger partial charge is 0.292 e. The molecular weight excluding hydrogens is 250 g/mol. The van der Waals surface area contributed by atoms with E-state index in [-0.39, 0.29) is 29.7 Å². The number of rotatable bonds is 3. The van der Waals surface area contributed by atoms with E-state index in [0.29, 0.717) is 24.8 Å². The van der Waals surface area contributed by atoms with Gasteiger partial charge in [0.25, 0.3) is 5.69 Å². The lowest BCUT2D eigenvalue weighted by Crippen LogP contribution is -2.39. The van der Waals surface area contributed by atoms with Crippen LogP contribution in [0.5, 0.6) is 0 Å². The van der Waals surface area contributed by atoms with Crippen molar-refractivity contribution in [3.63, 3.8) is 0 Å². The monoisotopic (exact) mass is 263 g/mol. The van der Waals surface area contributed by atoms with E-state index in [1.165, 1.54) is 12.1 Å². The first-order chi connectivity index (χ1) is 8.99. The van der Waals surface area contributed by atoms with Gasteiger partial charge in [0.1, 0.15) is 5.69 Å². The number of nitrogens with two attached hydrogens (primary N) is 1. The van der Waals surface area contributed by atoms with Gasteiger partial charge in [-0.2, -0.15) is 0 Å². The van der Waals surface area contributed by atoms with Crippen molar-refractivity contribution in [2.45, 2.75) is 25.8 Å². The summed E-state index contributed by atoms with van der Waals surface area (Å²) in [5, 5.41) is 10.8. The normalized spacial score (nSPS) is 15.7. The lowest BCUT2D eigenvalue weighted by Gasteiger charge is -2.24. The van der Waals surface area contributed by atoms with Gasteiger partial charge in [0.2, 0.25) is 11.8 Å². The van der Waals surface area contributed by atoms with Gasteiger partial charge in [-0.15, -0.1) is 0 Å². The fourth-order valence-electron chi connectivity index (χ4n) is 2.00. The van der Waals surface area contributed by atoms with E-state index in [2.05, 4.69) is 0 Å². The number of anilines is 1. The third kappa shape index (κ3) is 2.70. The number of carbonyl (C=O) groups excluding carboxylic acids is 2. The molecule has 19 heavy (non-hydrogen) atoms. The summed E-state index contributed by atoms with van der Waals surface area (Å²) < 4.78 is 0. The predicted molar refractivity (Wildman–Crippen MR) is 66.9 cm³/mol. The standard InChI is InChI=1S/C12H13N3O4/c13-9-5-4-8(6-10(9)15(18)19)7-14-11(16)2-1-3-12(14)17/h4-6H,1-3,7,13H2. The minimum Gasteiger partial charge on any atom is -0.393 e. The van der Waals surface area contributed by atoms with Crippen molar-refractivity contribution in [2.75, 3.05) is 5.73 Å². The SMILES string of the molecule is Nc1ccc(CN2C(=O)CCCC2=O)cc1[N+](=O)[O-]. The van der Waals surface area contributed by atoms with Crippen molar-refractivity contribution in [1.82, 2.24) is 4.90 Å². The van der Waals surface area contributed by atoms with E-state index >= 15 is 0 Å². The van der Waals surface area contributed by atoms with E-state index in [0.717, 1.165) is 4.90 Å². The number of likely N-dealkylation sites (tertiary alicyclic amines) is 1. The second kappa shape index (κ2) is 5.05. The van der Waals surface area contributed by atoms with Crippen LogP contribution in [0.25, 0.3) is 0 Å². The third-order valence-corrected chi connectivity index (χ3v) is 3.02. The molecule has 1 aromatic rings. The molecule has 0 unspecified atom stereocenters. The zero-order chi connectivity index (χ0) is 14.0. The van der Waals surface area contributed by atoms with Crippen molar-refractivity contribution in [3.05, 3.63) is 33.9 Å². The molecule has 0 atom stereocenters. The van der Waals surface area contributed by atoms with Crippen LogP contribution >= 0.6 is 0 Å². The molecule has 0 aromatic heterocycles. The molecule has 1 aromatic carbocycles. The molecule has 2 N–H and O–H groups in total. The number of amides is 2. The molecule has 0 aliphatic carbocycles. The van der Waals surface area contributed by atoms with Gasteiger partial charge in [-0.25, -0.2) is 0 Å². The van der Waals surface area contributed by atoms with E-state index in [1.807, 2.05) is 0 Å². The Labute approximate surface area is 109 Å². The van der Waals surface area contributed by atoms with E-state index in [1.54, 1.807) is 6.07 Å². The predicted octanol–water partition coefficient (Wildman–Crippen LogP) is 1.22. The molecule has 1 saturated heterocycles. The van der Waals surface area contributed by atoms with Crippen LogP contribution in [-0.2, 0) is 16.1 Å². The fraction of sp³-hybridized carbons (Fsp3) is 0.333. The van der Waals surface area contributed by atoms with Gasteiger partial charge >= 0.3 is 0 Å². The topological polar surface area (TPSA) is 107 Å². The van der Waals surface area contributed by atoms with Crippen LogP contribution in [0.3, 0.4) is 0 Å². The Morgan fingerprint density at radius 2 is 1.89 bits per heavy atom. The molecule has 0 bridgehead atoms. The molecule has 0 spiro atoms. The Hall–Kier alpha value is -2.44. The first-order valence-corrected chi connectivity index (χ1v) is 5.85. The molecule has 1 aliphatic heterocycles. The van der Waals surface area contributed by atoms with Gasteiger partial charge in [0.15, 0.2) is 0 Å². The number of hydrogen-bond donors (Lipinski definition) is 1. The van der Waals surface area contributed by atoms with Crippen LogP contribution in [0, 0.1) is 10.1 Å². The summed E-state index contributed by atoms with van der Waals surface area (Å²) in [6, 6.07) is 4.29. The summed E-state index contributed by atoms with van der Waals surface area (Å²) in [4.78, 5) is 34.6. The van der Waals surface area contributed by atoms with Gasteiger partial charge in [0, 0.05) is 18.9 Å². The highest BCUT2D eigenvalue weighted by Gasteiger charge is 2.26. The van der Waals surface area contributed by atoms with Crippen LogP contribution < -0.4 is 5.73 Å². The summed E-state index contributed by atoms with van der Waals surface area (Å²) in [5.74, 6) is -0.480. The largest absolute Gasteiger partial charge is 0.393 e. The number of nitro benzene ring substituents is 1. The number of hydrogen-bond acceptors (Lipinski definition) is 5. The molecule has 7 heteroatoms. The van der Waals surface area contributed by atoms with Crippen molar-refractivity contribution in [3.8, 4) is 0 Å². The van der Waals surface area contributed by atoms with Crippen molar-refractivity contribution < 1.29 is 14.5 Å². The lowest BCUT2D eigenvalue weighted by atomic mass is 10.1. The Bertz CT molecular complexity index is 540. The quantitative estimate of drug-likeness (QED) is 0.382. The van der Waals surface area contributed by atoms with Crippen LogP contribution in [0.15, 0.2) is 18.2 Å². The molecule has 7 nitrogen and oxygen atoms in total. The van der Waals surface area contributed by atoms with E-state index in [9.17, 15) is 19.7 Å². The van der Waals surface area contributed by atoms with Gasteiger partial charge in [-0.3, -0.25) is 24.6 Å².